The molecule has 0 aromatic heterocycles. The van der Waals surface area contributed by atoms with Gasteiger partial charge in [0.25, 0.3) is 0 Å². The van der Waals surface area contributed by atoms with Gasteiger partial charge in [-0.15, -0.1) is 0 Å². The monoisotopic (exact) mass is 500 g/mol. The lowest BCUT2D eigenvalue weighted by molar-refractivity contribution is -0.311. The molecule has 1 spiro atoms. The minimum atomic E-state index is -1.46. The fourth-order valence-corrected chi connectivity index (χ4v) is 9.60. The van der Waals surface area contributed by atoms with Gasteiger partial charge in [-0.2, -0.15) is 0 Å². The maximum Gasteiger partial charge on any atom is 0.186 e. The summed E-state index contributed by atoms with van der Waals surface area (Å²) in [5.74, 6) is 0.478. The molecule has 4 aliphatic carbocycles. The first-order valence-corrected chi connectivity index (χ1v) is 13.4. The molecule has 0 aromatic rings. The SMILES string of the molecule is CC1(COC2OC(CO)C(O)C(O)C2O)CCCC2(C)C1CCC13CC(CCC21)C(O)(CO)C3O. The van der Waals surface area contributed by atoms with Crippen LogP contribution < -0.4 is 0 Å². The van der Waals surface area contributed by atoms with Crippen molar-refractivity contribution in [3.8, 4) is 0 Å². The van der Waals surface area contributed by atoms with Crippen molar-refractivity contribution in [1.82, 2.24) is 0 Å². The summed E-state index contributed by atoms with van der Waals surface area (Å²) in [6.45, 7) is 3.95. The van der Waals surface area contributed by atoms with Crippen molar-refractivity contribution in [2.45, 2.75) is 108 Å². The number of aliphatic hydroxyl groups excluding tert-OH is 6. The van der Waals surface area contributed by atoms with E-state index in [1.807, 2.05) is 0 Å². The molecule has 202 valence electrons. The Hall–Kier alpha value is -0.360. The van der Waals surface area contributed by atoms with Crippen LogP contribution >= 0.6 is 0 Å². The Morgan fingerprint density at radius 1 is 0.886 bits per heavy atom. The van der Waals surface area contributed by atoms with E-state index in [0.717, 1.165) is 51.4 Å². The Kier molecular flexibility index (Phi) is 6.64. The lowest BCUT2D eigenvalue weighted by Gasteiger charge is -2.64. The van der Waals surface area contributed by atoms with Crippen molar-refractivity contribution in [3.63, 3.8) is 0 Å². The predicted molar refractivity (Wildman–Crippen MR) is 124 cm³/mol. The number of hydrogen-bond donors (Lipinski definition) is 7. The molecular weight excluding hydrogens is 456 g/mol. The number of fused-ring (bicyclic) bond motifs is 3. The smallest absolute Gasteiger partial charge is 0.186 e. The highest BCUT2D eigenvalue weighted by atomic mass is 16.7. The molecule has 9 nitrogen and oxygen atoms in total. The summed E-state index contributed by atoms with van der Waals surface area (Å²) in [5.41, 5.74) is -2.07. The summed E-state index contributed by atoms with van der Waals surface area (Å²) < 4.78 is 11.7. The minimum Gasteiger partial charge on any atom is -0.394 e. The van der Waals surface area contributed by atoms with Gasteiger partial charge in [0.15, 0.2) is 6.29 Å². The summed E-state index contributed by atoms with van der Waals surface area (Å²) in [5, 5.41) is 72.7. The molecule has 9 heteroatoms. The highest BCUT2D eigenvalue weighted by Gasteiger charge is 2.71. The maximum atomic E-state index is 11.4. The molecule has 35 heavy (non-hydrogen) atoms. The molecule has 0 amide bonds. The highest BCUT2D eigenvalue weighted by molar-refractivity contribution is 5.21. The summed E-state index contributed by atoms with van der Waals surface area (Å²) in [7, 11) is 0. The van der Waals surface area contributed by atoms with Crippen molar-refractivity contribution in [3.05, 3.63) is 0 Å². The Bertz CT molecular complexity index is 795. The Morgan fingerprint density at radius 2 is 1.63 bits per heavy atom. The molecule has 1 heterocycles. The van der Waals surface area contributed by atoms with Gasteiger partial charge in [-0.1, -0.05) is 20.3 Å². The molecule has 2 bridgehead atoms. The van der Waals surface area contributed by atoms with Crippen LogP contribution in [-0.4, -0.2) is 98.0 Å². The van der Waals surface area contributed by atoms with Gasteiger partial charge in [0.2, 0.25) is 0 Å². The van der Waals surface area contributed by atoms with Gasteiger partial charge < -0.3 is 45.2 Å². The van der Waals surface area contributed by atoms with Crippen molar-refractivity contribution >= 4 is 0 Å². The average molecular weight is 501 g/mol. The van der Waals surface area contributed by atoms with Crippen LogP contribution in [-0.2, 0) is 9.47 Å². The van der Waals surface area contributed by atoms with Crippen LogP contribution in [0.25, 0.3) is 0 Å². The standard InChI is InChI=1S/C26H44O9/c1-23(13-34-21-20(31)19(30)18(29)15(11-27)35-21)7-3-8-24(2)16(23)6-9-25-10-14(4-5-17(24)25)26(33,12-28)22(25)32/h14-22,27-33H,3-13H2,1-2H3. The molecular formula is C26H44O9. The van der Waals surface area contributed by atoms with Crippen molar-refractivity contribution in [2.24, 2.45) is 34.0 Å². The first kappa shape index (κ1) is 26.3. The first-order valence-electron chi connectivity index (χ1n) is 13.4. The molecule has 13 atom stereocenters. The lowest BCUT2D eigenvalue weighted by Crippen LogP contribution is -2.62. The van der Waals surface area contributed by atoms with Crippen LogP contribution in [0, 0.1) is 34.0 Å². The maximum absolute atomic E-state index is 11.4. The van der Waals surface area contributed by atoms with Crippen LogP contribution in [0.4, 0.5) is 0 Å². The molecule has 5 fully saturated rings. The van der Waals surface area contributed by atoms with E-state index in [1.165, 1.54) is 0 Å². The van der Waals surface area contributed by atoms with Crippen molar-refractivity contribution in [2.75, 3.05) is 19.8 Å². The first-order chi connectivity index (χ1) is 16.5. The Labute approximate surface area is 207 Å². The molecule has 4 saturated carbocycles. The van der Waals surface area contributed by atoms with E-state index in [2.05, 4.69) is 13.8 Å². The molecule has 13 unspecified atom stereocenters. The largest absolute Gasteiger partial charge is 0.394 e. The molecule has 0 radical (unpaired) electrons. The van der Waals surface area contributed by atoms with E-state index in [-0.39, 0.29) is 28.1 Å². The summed E-state index contributed by atoms with van der Waals surface area (Å²) >= 11 is 0. The molecule has 1 aliphatic heterocycles. The van der Waals surface area contributed by atoms with Crippen molar-refractivity contribution < 1.29 is 45.2 Å². The fraction of sp³-hybridized carbons (Fsp3) is 1.00. The van der Waals surface area contributed by atoms with E-state index in [9.17, 15) is 35.7 Å². The second-order valence-corrected chi connectivity index (χ2v) is 12.9. The molecule has 0 aromatic carbocycles. The van der Waals surface area contributed by atoms with E-state index in [0.29, 0.717) is 12.5 Å². The van der Waals surface area contributed by atoms with Crippen LogP contribution in [0.15, 0.2) is 0 Å². The van der Waals surface area contributed by atoms with Crippen molar-refractivity contribution in [1.29, 1.82) is 0 Å². The Morgan fingerprint density at radius 3 is 2.31 bits per heavy atom. The van der Waals surface area contributed by atoms with Crippen LogP contribution in [0.1, 0.15) is 65.2 Å². The number of rotatable bonds is 5. The van der Waals surface area contributed by atoms with Gasteiger partial charge in [0, 0.05) is 5.41 Å². The summed E-state index contributed by atoms with van der Waals surface area (Å²) in [6.07, 6.45) is -0.201. The number of aliphatic hydroxyl groups is 7. The lowest BCUT2D eigenvalue weighted by atomic mass is 9.40. The van der Waals surface area contributed by atoms with Gasteiger partial charge in [0.05, 0.1) is 25.9 Å². The van der Waals surface area contributed by atoms with E-state index >= 15 is 0 Å². The normalized spacial score (nSPS) is 58.0. The quantitative estimate of drug-likeness (QED) is 0.274. The van der Waals surface area contributed by atoms with Crippen LogP contribution in [0.3, 0.4) is 0 Å². The third-order valence-corrected chi connectivity index (χ3v) is 11.3. The van der Waals surface area contributed by atoms with Crippen LogP contribution in [0.5, 0.6) is 0 Å². The van der Waals surface area contributed by atoms with Gasteiger partial charge in [-0.05, 0) is 73.5 Å². The highest BCUT2D eigenvalue weighted by Crippen LogP contribution is 2.72. The van der Waals surface area contributed by atoms with Gasteiger partial charge in [-0.25, -0.2) is 0 Å². The van der Waals surface area contributed by atoms with Gasteiger partial charge in [-0.3, -0.25) is 0 Å². The third kappa shape index (κ3) is 3.61. The predicted octanol–water partition coefficient (Wildman–Crippen LogP) is -0.0900. The second kappa shape index (κ2) is 8.85. The zero-order chi connectivity index (χ0) is 25.4. The fourth-order valence-electron chi connectivity index (χ4n) is 9.60. The molecule has 7 N–H and O–H groups in total. The number of hydrogen-bond acceptors (Lipinski definition) is 9. The number of ether oxygens (including phenoxy) is 2. The van der Waals surface area contributed by atoms with Gasteiger partial charge >= 0.3 is 0 Å². The van der Waals surface area contributed by atoms with E-state index in [1.54, 1.807) is 0 Å². The summed E-state index contributed by atoms with van der Waals surface area (Å²) in [6, 6.07) is 0. The zero-order valence-corrected chi connectivity index (χ0v) is 20.9. The second-order valence-electron chi connectivity index (χ2n) is 12.9. The minimum absolute atomic E-state index is 0.0589. The molecule has 1 saturated heterocycles. The van der Waals surface area contributed by atoms with E-state index < -0.39 is 55.6 Å². The topological polar surface area (TPSA) is 160 Å². The molecule has 5 rings (SSSR count). The van der Waals surface area contributed by atoms with Crippen LogP contribution in [0.2, 0.25) is 0 Å². The Balaban J connectivity index is 1.36. The zero-order valence-electron chi connectivity index (χ0n) is 20.9. The van der Waals surface area contributed by atoms with E-state index in [4.69, 9.17) is 9.47 Å². The third-order valence-electron chi connectivity index (χ3n) is 11.3. The van der Waals surface area contributed by atoms with Gasteiger partial charge in [0.1, 0.15) is 30.0 Å². The average Bonchev–Trinajstić information content (AvgIpc) is 2.99. The summed E-state index contributed by atoms with van der Waals surface area (Å²) in [4.78, 5) is 0. The molecule has 5 aliphatic rings.